The predicted molar refractivity (Wildman–Crippen MR) is 77.9 cm³/mol. The topological polar surface area (TPSA) is 69.7 Å². The second kappa shape index (κ2) is 5.65. The minimum absolute atomic E-state index is 0.229. The Morgan fingerprint density at radius 1 is 1.33 bits per heavy atom. The number of piperidine rings is 1. The second-order valence-electron chi connectivity index (χ2n) is 5.35. The van der Waals surface area contributed by atoms with E-state index in [0.29, 0.717) is 12.0 Å². The summed E-state index contributed by atoms with van der Waals surface area (Å²) in [6, 6.07) is -0.657. The van der Waals surface area contributed by atoms with E-state index in [1.807, 2.05) is 19.0 Å². The molecule has 2 atom stereocenters. The molecule has 1 N–H and O–H groups in total. The van der Waals surface area contributed by atoms with E-state index in [0.717, 1.165) is 5.57 Å². The van der Waals surface area contributed by atoms with Crippen molar-refractivity contribution >= 4 is 17.7 Å². The van der Waals surface area contributed by atoms with Gasteiger partial charge in [-0.3, -0.25) is 24.6 Å². The molecule has 0 radical (unpaired) electrons. The van der Waals surface area contributed by atoms with Crippen molar-refractivity contribution in [2.24, 2.45) is 0 Å². The molecule has 0 spiro atoms. The van der Waals surface area contributed by atoms with Gasteiger partial charge >= 0.3 is 0 Å². The van der Waals surface area contributed by atoms with Gasteiger partial charge in [-0.1, -0.05) is 25.3 Å². The number of carbonyl (C=O) groups is 3. The monoisotopic (exact) mass is 289 g/mol. The zero-order chi connectivity index (χ0) is 15.7. The third-order valence-electron chi connectivity index (χ3n) is 3.72. The Bertz CT molecular complexity index is 563. The van der Waals surface area contributed by atoms with Crippen LogP contribution in [0.25, 0.3) is 0 Å². The van der Waals surface area contributed by atoms with Crippen LogP contribution in [0.3, 0.4) is 0 Å². The highest BCUT2D eigenvalue weighted by Crippen LogP contribution is 2.33. The van der Waals surface area contributed by atoms with E-state index in [1.54, 1.807) is 12.2 Å². The molecule has 2 rings (SSSR count). The Morgan fingerprint density at radius 2 is 2.00 bits per heavy atom. The molecule has 2 heterocycles. The molecule has 0 aromatic carbocycles. The number of rotatable bonds is 3. The highest BCUT2D eigenvalue weighted by Gasteiger charge is 2.46. The van der Waals surface area contributed by atoms with E-state index < -0.39 is 11.9 Å². The molecule has 112 valence electrons. The molecule has 3 amide bonds. The highest BCUT2D eigenvalue weighted by atomic mass is 16.2. The van der Waals surface area contributed by atoms with Crippen LogP contribution in [0.15, 0.2) is 36.5 Å². The summed E-state index contributed by atoms with van der Waals surface area (Å²) in [5.74, 6) is -1.01. The lowest BCUT2D eigenvalue weighted by molar-refractivity contribution is -0.145. The summed E-state index contributed by atoms with van der Waals surface area (Å²) in [5, 5.41) is 2.29. The Balaban J connectivity index is 2.41. The van der Waals surface area contributed by atoms with Crippen LogP contribution in [-0.4, -0.2) is 53.8 Å². The smallest absolute Gasteiger partial charge is 0.255 e. The van der Waals surface area contributed by atoms with Gasteiger partial charge in [-0.15, -0.1) is 0 Å². The Kier molecular flexibility index (Phi) is 4.09. The summed E-state index contributed by atoms with van der Waals surface area (Å²) in [6.07, 6.45) is 3.50. The molecular formula is C15H19N3O3. The summed E-state index contributed by atoms with van der Waals surface area (Å²) < 4.78 is 0. The fourth-order valence-electron chi connectivity index (χ4n) is 2.80. The van der Waals surface area contributed by atoms with E-state index in [1.165, 1.54) is 4.90 Å². The first-order valence-electron chi connectivity index (χ1n) is 6.73. The van der Waals surface area contributed by atoms with Gasteiger partial charge in [0.05, 0.1) is 0 Å². The predicted octanol–water partition coefficient (Wildman–Crippen LogP) is 0.190. The first-order chi connectivity index (χ1) is 9.88. The first-order valence-corrected chi connectivity index (χ1v) is 6.73. The highest BCUT2D eigenvalue weighted by molar-refractivity contribution is 6.07. The number of nitrogens with zero attached hydrogens (tertiary/aromatic N) is 2. The zero-order valence-electron chi connectivity index (χ0n) is 12.3. The van der Waals surface area contributed by atoms with Crippen molar-refractivity contribution < 1.29 is 14.4 Å². The average molecular weight is 289 g/mol. The van der Waals surface area contributed by atoms with Gasteiger partial charge in [0.25, 0.3) is 5.91 Å². The molecule has 2 saturated heterocycles. The van der Waals surface area contributed by atoms with Gasteiger partial charge in [-0.05, 0) is 20.5 Å². The number of nitrogens with one attached hydrogen (secondary N) is 1. The van der Waals surface area contributed by atoms with Gasteiger partial charge in [0, 0.05) is 17.6 Å². The van der Waals surface area contributed by atoms with Crippen LogP contribution in [0.5, 0.6) is 0 Å². The number of likely N-dealkylation sites (N-methyl/N-ethyl adjacent to an activating group) is 1. The SMILES string of the molecule is C=C/C=C1\C(=C)C(=O)N(C2CCC(=O)NC2=O)C1N(C)C. The van der Waals surface area contributed by atoms with Gasteiger partial charge < -0.3 is 4.90 Å². The summed E-state index contributed by atoms with van der Waals surface area (Å²) in [5.41, 5.74) is 1.09. The van der Waals surface area contributed by atoms with Crippen molar-refractivity contribution in [3.63, 3.8) is 0 Å². The third-order valence-corrected chi connectivity index (χ3v) is 3.72. The average Bonchev–Trinajstić information content (AvgIpc) is 2.64. The minimum Gasteiger partial charge on any atom is -0.307 e. The summed E-state index contributed by atoms with van der Waals surface area (Å²) in [7, 11) is 3.65. The maximum Gasteiger partial charge on any atom is 0.255 e. The lowest BCUT2D eigenvalue weighted by atomic mass is 10.0. The first kappa shape index (κ1) is 15.2. The summed E-state index contributed by atoms with van der Waals surface area (Å²) in [4.78, 5) is 39.2. The number of likely N-dealkylation sites (tertiary alicyclic amines) is 1. The fourth-order valence-corrected chi connectivity index (χ4v) is 2.80. The van der Waals surface area contributed by atoms with Crippen LogP contribution in [-0.2, 0) is 14.4 Å². The van der Waals surface area contributed by atoms with Crippen molar-refractivity contribution in [2.75, 3.05) is 14.1 Å². The summed E-state index contributed by atoms with van der Waals surface area (Å²) >= 11 is 0. The van der Waals surface area contributed by atoms with Crippen LogP contribution < -0.4 is 5.32 Å². The molecule has 0 bridgehead atoms. The second-order valence-corrected chi connectivity index (χ2v) is 5.35. The molecule has 2 aliphatic heterocycles. The number of imide groups is 1. The van der Waals surface area contributed by atoms with Crippen LogP contribution in [0.2, 0.25) is 0 Å². The Labute approximate surface area is 123 Å². The summed E-state index contributed by atoms with van der Waals surface area (Å²) in [6.45, 7) is 7.47. The maximum atomic E-state index is 12.5. The number of carbonyl (C=O) groups excluding carboxylic acids is 3. The van der Waals surface area contributed by atoms with Gasteiger partial charge in [0.1, 0.15) is 12.2 Å². The van der Waals surface area contributed by atoms with Crippen molar-refractivity contribution in [3.05, 3.63) is 36.5 Å². The van der Waals surface area contributed by atoms with E-state index >= 15 is 0 Å². The van der Waals surface area contributed by atoms with Crippen LogP contribution in [0.1, 0.15) is 12.8 Å². The van der Waals surface area contributed by atoms with Gasteiger partial charge in [-0.2, -0.15) is 0 Å². The van der Waals surface area contributed by atoms with Gasteiger partial charge in [0.15, 0.2) is 0 Å². The van der Waals surface area contributed by atoms with Crippen LogP contribution in [0, 0.1) is 0 Å². The molecule has 0 aliphatic carbocycles. The number of amides is 3. The largest absolute Gasteiger partial charge is 0.307 e. The van der Waals surface area contributed by atoms with Crippen molar-refractivity contribution in [1.82, 2.24) is 15.1 Å². The van der Waals surface area contributed by atoms with Gasteiger partial charge in [0.2, 0.25) is 11.8 Å². The zero-order valence-corrected chi connectivity index (χ0v) is 12.3. The maximum absolute atomic E-state index is 12.5. The molecule has 21 heavy (non-hydrogen) atoms. The quantitative estimate of drug-likeness (QED) is 0.595. The molecule has 0 aromatic rings. The molecular weight excluding hydrogens is 270 g/mol. The fraction of sp³-hybridized carbons (Fsp3) is 0.400. The van der Waals surface area contributed by atoms with E-state index in [9.17, 15) is 14.4 Å². The minimum atomic E-state index is -0.657. The lowest BCUT2D eigenvalue weighted by Crippen LogP contribution is -2.57. The third kappa shape index (κ3) is 2.54. The lowest BCUT2D eigenvalue weighted by Gasteiger charge is -2.36. The normalized spacial score (nSPS) is 28.5. The van der Waals surface area contributed by atoms with Crippen molar-refractivity contribution in [2.45, 2.75) is 25.0 Å². The molecule has 6 heteroatoms. The Morgan fingerprint density at radius 3 is 2.52 bits per heavy atom. The number of hydrogen-bond acceptors (Lipinski definition) is 4. The Hall–Kier alpha value is -2.21. The van der Waals surface area contributed by atoms with Crippen LogP contribution in [0.4, 0.5) is 0 Å². The standard InChI is InChI=1S/C15H19N3O3/c1-5-6-10-9(2)15(21)18(14(10)17(3)4)11-7-8-12(19)16-13(11)20/h5-6,11,14H,1-2,7-8H2,3-4H3,(H,16,19,20)/b10-6+. The van der Waals surface area contributed by atoms with E-state index in [-0.39, 0.29) is 24.4 Å². The number of allylic oxidation sites excluding steroid dienone is 2. The van der Waals surface area contributed by atoms with Crippen molar-refractivity contribution in [1.29, 1.82) is 0 Å². The molecule has 6 nitrogen and oxygen atoms in total. The molecule has 0 saturated carbocycles. The molecule has 0 aromatic heterocycles. The molecule has 2 aliphatic rings. The number of hydrogen-bond donors (Lipinski definition) is 1. The molecule has 2 unspecified atom stereocenters. The van der Waals surface area contributed by atoms with E-state index in [2.05, 4.69) is 18.5 Å². The van der Waals surface area contributed by atoms with Gasteiger partial charge in [-0.25, -0.2) is 0 Å². The van der Waals surface area contributed by atoms with Crippen molar-refractivity contribution in [3.8, 4) is 0 Å². The van der Waals surface area contributed by atoms with Crippen LogP contribution >= 0.6 is 0 Å². The van der Waals surface area contributed by atoms with E-state index in [4.69, 9.17) is 0 Å². The molecule has 2 fully saturated rings.